The molecule has 1 aliphatic carbocycles. The summed E-state index contributed by atoms with van der Waals surface area (Å²) in [6, 6.07) is 0. The van der Waals surface area contributed by atoms with Gasteiger partial charge in [0.05, 0.1) is 6.10 Å². The molecule has 0 aromatic carbocycles. The first-order valence-corrected chi connectivity index (χ1v) is 9.40. The average molecular weight is 303 g/mol. The SMILES string of the molecule is CCC1CN(C(=O)C2(S(C)(=O)=O)CCCC2)CCCO1. The highest BCUT2D eigenvalue weighted by atomic mass is 32.2. The summed E-state index contributed by atoms with van der Waals surface area (Å²) in [6.45, 7) is 3.80. The van der Waals surface area contributed by atoms with Gasteiger partial charge in [-0.1, -0.05) is 19.8 Å². The minimum absolute atomic E-state index is 0.0273. The van der Waals surface area contributed by atoms with E-state index in [-0.39, 0.29) is 12.0 Å². The Balaban J connectivity index is 2.23. The van der Waals surface area contributed by atoms with E-state index in [1.807, 2.05) is 6.92 Å². The molecule has 20 heavy (non-hydrogen) atoms. The smallest absolute Gasteiger partial charge is 0.244 e. The molecule has 5 nitrogen and oxygen atoms in total. The first-order valence-electron chi connectivity index (χ1n) is 7.51. The zero-order chi connectivity index (χ0) is 14.8. The van der Waals surface area contributed by atoms with Gasteiger partial charge in [-0.05, 0) is 25.7 Å². The number of rotatable bonds is 3. The molecule has 1 amide bonds. The van der Waals surface area contributed by atoms with Crippen LogP contribution in [0, 0.1) is 0 Å². The molecule has 116 valence electrons. The van der Waals surface area contributed by atoms with Gasteiger partial charge in [-0.15, -0.1) is 0 Å². The van der Waals surface area contributed by atoms with E-state index < -0.39 is 14.6 Å². The number of hydrogen-bond donors (Lipinski definition) is 0. The van der Waals surface area contributed by atoms with Crippen LogP contribution in [-0.2, 0) is 19.4 Å². The molecule has 0 spiro atoms. The quantitative estimate of drug-likeness (QED) is 0.790. The van der Waals surface area contributed by atoms with Gasteiger partial charge >= 0.3 is 0 Å². The fraction of sp³-hybridized carbons (Fsp3) is 0.929. The molecular formula is C14H25NO4S. The summed E-state index contributed by atoms with van der Waals surface area (Å²) < 4.78 is 28.9. The van der Waals surface area contributed by atoms with E-state index in [9.17, 15) is 13.2 Å². The van der Waals surface area contributed by atoms with Crippen LogP contribution in [0.2, 0.25) is 0 Å². The summed E-state index contributed by atoms with van der Waals surface area (Å²) in [7, 11) is -3.38. The summed E-state index contributed by atoms with van der Waals surface area (Å²) in [5.74, 6) is -0.193. The summed E-state index contributed by atoms with van der Waals surface area (Å²) in [5.41, 5.74) is 0. The van der Waals surface area contributed by atoms with E-state index in [0.717, 1.165) is 25.7 Å². The van der Waals surface area contributed by atoms with E-state index in [4.69, 9.17) is 4.74 Å². The first kappa shape index (κ1) is 15.8. The van der Waals surface area contributed by atoms with Gasteiger partial charge in [-0.2, -0.15) is 0 Å². The third kappa shape index (κ3) is 2.86. The lowest BCUT2D eigenvalue weighted by atomic mass is 10.0. The number of nitrogens with zero attached hydrogens (tertiary/aromatic N) is 1. The summed E-state index contributed by atoms with van der Waals surface area (Å²) in [4.78, 5) is 14.6. The minimum Gasteiger partial charge on any atom is -0.376 e. The maximum Gasteiger partial charge on any atom is 0.244 e. The van der Waals surface area contributed by atoms with Crippen molar-refractivity contribution >= 4 is 15.7 Å². The zero-order valence-electron chi connectivity index (χ0n) is 12.4. The minimum atomic E-state index is -3.38. The van der Waals surface area contributed by atoms with Gasteiger partial charge in [0, 0.05) is 26.0 Å². The number of ether oxygens (including phenoxy) is 1. The van der Waals surface area contributed by atoms with Gasteiger partial charge in [0.25, 0.3) is 0 Å². The van der Waals surface area contributed by atoms with Crippen LogP contribution in [0.3, 0.4) is 0 Å². The molecule has 2 aliphatic rings. The fourth-order valence-electron chi connectivity index (χ4n) is 3.30. The van der Waals surface area contributed by atoms with Gasteiger partial charge in [0.1, 0.15) is 0 Å². The molecule has 2 rings (SSSR count). The molecule has 1 unspecified atom stereocenters. The van der Waals surface area contributed by atoms with E-state index >= 15 is 0 Å². The third-order valence-electron chi connectivity index (χ3n) is 4.60. The lowest BCUT2D eigenvalue weighted by Gasteiger charge is -2.33. The standard InChI is InChI=1S/C14H25NO4S/c1-3-12-11-15(9-6-10-19-12)13(16)14(20(2,17)18)7-4-5-8-14/h12H,3-11H2,1-2H3. The Morgan fingerprint density at radius 2 is 1.95 bits per heavy atom. The van der Waals surface area contributed by atoms with Crippen LogP contribution in [-0.4, -0.2) is 56.0 Å². The van der Waals surface area contributed by atoms with Crippen molar-refractivity contribution < 1.29 is 17.9 Å². The van der Waals surface area contributed by atoms with Crippen LogP contribution in [0.25, 0.3) is 0 Å². The highest BCUT2D eigenvalue weighted by Crippen LogP contribution is 2.38. The van der Waals surface area contributed by atoms with Crippen LogP contribution in [0.15, 0.2) is 0 Å². The largest absolute Gasteiger partial charge is 0.376 e. The fourth-order valence-corrected chi connectivity index (χ4v) is 4.78. The highest BCUT2D eigenvalue weighted by Gasteiger charge is 2.51. The van der Waals surface area contributed by atoms with Crippen molar-refractivity contribution in [2.75, 3.05) is 26.0 Å². The molecule has 1 atom stereocenters. The van der Waals surface area contributed by atoms with Gasteiger partial charge < -0.3 is 9.64 Å². The zero-order valence-corrected chi connectivity index (χ0v) is 13.2. The van der Waals surface area contributed by atoms with Crippen molar-refractivity contribution in [3.63, 3.8) is 0 Å². The van der Waals surface area contributed by atoms with E-state index in [2.05, 4.69) is 0 Å². The lowest BCUT2D eigenvalue weighted by molar-refractivity contribution is -0.134. The molecule has 0 bridgehead atoms. The van der Waals surface area contributed by atoms with Crippen LogP contribution >= 0.6 is 0 Å². The number of carbonyl (C=O) groups is 1. The van der Waals surface area contributed by atoms with Gasteiger partial charge in [-0.25, -0.2) is 8.42 Å². The Kier molecular flexibility index (Phi) is 4.74. The second kappa shape index (κ2) is 6.02. The predicted molar refractivity (Wildman–Crippen MR) is 77.3 cm³/mol. The van der Waals surface area contributed by atoms with Crippen molar-refractivity contribution in [3.05, 3.63) is 0 Å². The van der Waals surface area contributed by atoms with Gasteiger partial charge in [0.15, 0.2) is 14.6 Å². The Labute approximate surface area is 121 Å². The number of carbonyl (C=O) groups excluding carboxylic acids is 1. The number of sulfone groups is 1. The molecule has 0 aromatic heterocycles. The van der Waals surface area contributed by atoms with Crippen molar-refractivity contribution in [3.8, 4) is 0 Å². The van der Waals surface area contributed by atoms with E-state index in [0.29, 0.717) is 32.5 Å². The number of hydrogen-bond acceptors (Lipinski definition) is 4. The van der Waals surface area contributed by atoms with Crippen molar-refractivity contribution in [2.24, 2.45) is 0 Å². The first-order chi connectivity index (χ1) is 9.40. The Hall–Kier alpha value is -0.620. The molecular weight excluding hydrogens is 278 g/mol. The maximum absolute atomic E-state index is 12.9. The second-order valence-electron chi connectivity index (χ2n) is 5.98. The molecule has 0 N–H and O–H groups in total. The normalized spacial score (nSPS) is 27.3. The van der Waals surface area contributed by atoms with Crippen LogP contribution < -0.4 is 0 Å². The van der Waals surface area contributed by atoms with Crippen LogP contribution in [0.1, 0.15) is 45.4 Å². The molecule has 0 aromatic rings. The maximum atomic E-state index is 12.9. The molecule has 0 radical (unpaired) electrons. The summed E-state index contributed by atoms with van der Waals surface area (Å²) in [6.07, 6.45) is 5.44. The molecule has 6 heteroatoms. The summed E-state index contributed by atoms with van der Waals surface area (Å²) in [5, 5.41) is 0. The van der Waals surface area contributed by atoms with Crippen molar-refractivity contribution in [1.82, 2.24) is 4.90 Å². The van der Waals surface area contributed by atoms with Crippen molar-refractivity contribution in [2.45, 2.75) is 56.3 Å². The van der Waals surface area contributed by atoms with Crippen molar-refractivity contribution in [1.29, 1.82) is 0 Å². The lowest BCUT2D eigenvalue weighted by Crippen LogP contribution is -2.53. The van der Waals surface area contributed by atoms with Gasteiger partial charge in [0.2, 0.25) is 5.91 Å². The molecule has 1 saturated carbocycles. The highest BCUT2D eigenvalue weighted by molar-refractivity contribution is 7.92. The average Bonchev–Trinajstić information content (AvgIpc) is 2.78. The Morgan fingerprint density at radius 1 is 1.30 bits per heavy atom. The molecule has 1 aliphatic heterocycles. The summed E-state index contributed by atoms with van der Waals surface area (Å²) >= 11 is 0. The molecule has 2 fully saturated rings. The number of amides is 1. The Bertz CT molecular complexity index is 454. The predicted octanol–water partition coefficient (Wildman–Crippen LogP) is 1.37. The van der Waals surface area contributed by atoms with Crippen LogP contribution in [0.4, 0.5) is 0 Å². The van der Waals surface area contributed by atoms with Gasteiger partial charge in [-0.3, -0.25) is 4.79 Å². The van der Waals surface area contributed by atoms with E-state index in [1.54, 1.807) is 4.90 Å². The van der Waals surface area contributed by atoms with Crippen LogP contribution in [0.5, 0.6) is 0 Å². The Morgan fingerprint density at radius 3 is 2.50 bits per heavy atom. The van der Waals surface area contributed by atoms with E-state index in [1.165, 1.54) is 6.26 Å². The third-order valence-corrected chi connectivity index (χ3v) is 6.61. The topological polar surface area (TPSA) is 63.7 Å². The molecule has 1 saturated heterocycles. The monoisotopic (exact) mass is 303 g/mol. The molecule has 1 heterocycles. The second-order valence-corrected chi connectivity index (χ2v) is 8.31.